The molecule has 1 saturated carbocycles. The highest BCUT2D eigenvalue weighted by atomic mass is 16.2. The second-order valence-electron chi connectivity index (χ2n) is 9.63. The molecule has 188 valence electrons. The summed E-state index contributed by atoms with van der Waals surface area (Å²) in [5.74, 6) is -0.291. The molecule has 0 unspecified atom stereocenters. The van der Waals surface area contributed by atoms with E-state index in [1.807, 2.05) is 44.2 Å². The monoisotopic (exact) mass is 481 g/mol. The Labute approximate surface area is 205 Å². The summed E-state index contributed by atoms with van der Waals surface area (Å²) in [6.07, 6.45) is 7.07. The molecule has 3 amide bonds. The summed E-state index contributed by atoms with van der Waals surface area (Å²) in [5.41, 5.74) is 3.45. The van der Waals surface area contributed by atoms with Gasteiger partial charge in [0, 0.05) is 18.0 Å². The van der Waals surface area contributed by atoms with Crippen LogP contribution in [0.2, 0.25) is 0 Å². The van der Waals surface area contributed by atoms with E-state index in [4.69, 9.17) is 0 Å². The van der Waals surface area contributed by atoms with Crippen LogP contribution in [0.25, 0.3) is 11.4 Å². The summed E-state index contributed by atoms with van der Waals surface area (Å²) in [5, 5.41) is 15.2. The zero-order chi connectivity index (χ0) is 24.8. The van der Waals surface area contributed by atoms with Crippen molar-refractivity contribution < 1.29 is 14.4 Å². The second-order valence-corrected chi connectivity index (χ2v) is 9.63. The van der Waals surface area contributed by atoms with Crippen molar-refractivity contribution in [2.75, 3.05) is 12.0 Å². The molecule has 2 aliphatic rings. The van der Waals surface area contributed by atoms with Crippen molar-refractivity contribution in [2.45, 2.75) is 77.3 Å². The maximum Gasteiger partial charge on any atom is 0.264 e. The van der Waals surface area contributed by atoms with E-state index < -0.39 is 12.1 Å². The van der Waals surface area contributed by atoms with Crippen LogP contribution in [0, 0.1) is 11.8 Å². The van der Waals surface area contributed by atoms with Gasteiger partial charge in [-0.1, -0.05) is 68.3 Å². The molecule has 4 rings (SSSR count). The number of nitrogens with zero attached hydrogens (tertiary/aromatic N) is 5. The zero-order valence-electron chi connectivity index (χ0n) is 20.5. The van der Waals surface area contributed by atoms with E-state index in [1.54, 1.807) is 4.90 Å². The van der Waals surface area contributed by atoms with Gasteiger partial charge in [-0.15, -0.1) is 10.2 Å². The summed E-state index contributed by atoms with van der Waals surface area (Å²) in [4.78, 5) is 42.3. The number of aromatic nitrogens is 4. The minimum atomic E-state index is -0.639. The minimum Gasteiger partial charge on any atom is -0.344 e. The Kier molecular flexibility index (Phi) is 8.09. The van der Waals surface area contributed by atoms with Gasteiger partial charge in [-0.05, 0) is 43.2 Å². The summed E-state index contributed by atoms with van der Waals surface area (Å²) in [7, 11) is 0. The third kappa shape index (κ3) is 5.86. The first kappa shape index (κ1) is 24.8. The Morgan fingerprint density at radius 3 is 2.51 bits per heavy atom. The largest absolute Gasteiger partial charge is 0.344 e. The fourth-order valence-electron chi connectivity index (χ4n) is 4.95. The third-order valence-electron chi connectivity index (χ3n) is 7.24. The van der Waals surface area contributed by atoms with Crippen LogP contribution in [0.3, 0.4) is 0 Å². The summed E-state index contributed by atoms with van der Waals surface area (Å²) >= 11 is 0. The molecular formula is C25H35N7O3. The molecule has 35 heavy (non-hydrogen) atoms. The Hall–Kier alpha value is -3.30. The van der Waals surface area contributed by atoms with E-state index in [-0.39, 0.29) is 29.6 Å². The van der Waals surface area contributed by atoms with Crippen molar-refractivity contribution in [3.8, 4) is 11.4 Å². The van der Waals surface area contributed by atoms with Crippen molar-refractivity contribution in [1.82, 2.24) is 30.5 Å². The maximum atomic E-state index is 13.7. The molecule has 0 bridgehead atoms. The molecule has 2 heterocycles. The number of carbonyl (C=O) groups excluding carboxylic acids is 3. The van der Waals surface area contributed by atoms with Crippen LogP contribution in [-0.4, -0.2) is 61.6 Å². The Balaban J connectivity index is 1.46. The lowest BCUT2D eigenvalue weighted by molar-refractivity contribution is -0.142. The van der Waals surface area contributed by atoms with Crippen LogP contribution in [0.4, 0.5) is 0 Å². The van der Waals surface area contributed by atoms with Gasteiger partial charge < -0.3 is 10.2 Å². The molecule has 2 N–H and O–H groups in total. The Morgan fingerprint density at radius 2 is 1.80 bits per heavy atom. The minimum absolute atomic E-state index is 0.0963. The average molecular weight is 482 g/mol. The van der Waals surface area contributed by atoms with Crippen molar-refractivity contribution >= 4 is 17.7 Å². The molecule has 1 aliphatic heterocycles. The van der Waals surface area contributed by atoms with E-state index >= 15 is 0 Å². The van der Waals surface area contributed by atoms with Crippen molar-refractivity contribution in [1.29, 1.82) is 0 Å². The van der Waals surface area contributed by atoms with Gasteiger partial charge in [0.25, 0.3) is 5.91 Å². The number of benzene rings is 1. The van der Waals surface area contributed by atoms with Crippen molar-refractivity contribution in [3.05, 3.63) is 30.3 Å². The molecule has 1 aromatic carbocycles. The zero-order valence-corrected chi connectivity index (χ0v) is 20.5. The second kappa shape index (κ2) is 11.4. The number of carbonyl (C=O) groups is 3. The maximum absolute atomic E-state index is 13.7. The molecule has 2 fully saturated rings. The fraction of sp³-hybridized carbons (Fsp3) is 0.600. The van der Waals surface area contributed by atoms with E-state index in [0.29, 0.717) is 25.2 Å². The summed E-state index contributed by atoms with van der Waals surface area (Å²) in [6, 6.07) is 8.13. The van der Waals surface area contributed by atoms with E-state index in [0.717, 1.165) is 49.0 Å². The van der Waals surface area contributed by atoms with E-state index in [9.17, 15) is 14.4 Å². The summed E-state index contributed by atoms with van der Waals surface area (Å²) in [6.45, 7) is 4.32. The van der Waals surface area contributed by atoms with E-state index in [2.05, 4.69) is 26.2 Å². The van der Waals surface area contributed by atoms with Crippen molar-refractivity contribution in [3.63, 3.8) is 0 Å². The predicted octanol–water partition coefficient (Wildman–Crippen LogP) is 2.51. The van der Waals surface area contributed by atoms with Crippen LogP contribution in [-0.2, 0) is 14.4 Å². The van der Waals surface area contributed by atoms with Crippen LogP contribution in [0.15, 0.2) is 30.3 Å². The van der Waals surface area contributed by atoms with Gasteiger partial charge in [0.1, 0.15) is 12.1 Å². The molecular weight excluding hydrogens is 446 g/mol. The number of hydrogen-bond acceptors (Lipinski definition) is 6. The highest BCUT2D eigenvalue weighted by Crippen LogP contribution is 2.29. The van der Waals surface area contributed by atoms with Crippen molar-refractivity contribution in [2.24, 2.45) is 11.8 Å². The van der Waals surface area contributed by atoms with Gasteiger partial charge >= 0.3 is 0 Å². The number of rotatable bonds is 8. The first-order valence-electron chi connectivity index (χ1n) is 12.7. The lowest BCUT2D eigenvalue weighted by Gasteiger charge is -2.35. The van der Waals surface area contributed by atoms with Crippen LogP contribution in [0.5, 0.6) is 0 Å². The SMILES string of the molecule is CC[C@@H](C)C(=O)N[C@H](C(=O)N1CCC[C@H]1C(=O)Nn1nnc(-c2ccccc2)n1)C1CCCCC1. The number of amides is 3. The molecule has 0 radical (unpaired) electrons. The quantitative estimate of drug-likeness (QED) is 0.597. The molecule has 0 spiro atoms. The van der Waals surface area contributed by atoms with Gasteiger partial charge in [0.05, 0.1) is 0 Å². The van der Waals surface area contributed by atoms with Gasteiger partial charge in [-0.3, -0.25) is 14.4 Å². The van der Waals surface area contributed by atoms with Gasteiger partial charge in [0.15, 0.2) is 0 Å². The van der Waals surface area contributed by atoms with Gasteiger partial charge in [-0.25, -0.2) is 5.43 Å². The topological polar surface area (TPSA) is 122 Å². The fourth-order valence-corrected chi connectivity index (χ4v) is 4.95. The summed E-state index contributed by atoms with van der Waals surface area (Å²) < 4.78 is 0. The predicted molar refractivity (Wildman–Crippen MR) is 130 cm³/mol. The molecule has 10 nitrogen and oxygen atoms in total. The molecule has 1 aliphatic carbocycles. The number of nitrogens with one attached hydrogen (secondary N) is 2. The third-order valence-corrected chi connectivity index (χ3v) is 7.24. The van der Waals surface area contributed by atoms with E-state index in [1.165, 1.54) is 0 Å². The highest BCUT2D eigenvalue weighted by Gasteiger charge is 2.41. The standard InChI is InChI=1S/C25H35N7O3/c1-3-17(2)23(33)26-21(18-11-6-4-7-12-18)25(35)31-16-10-15-20(31)24(34)29-32-28-22(27-30-32)19-13-8-5-9-14-19/h5,8-9,13-14,17-18,20-21H,3-4,6-7,10-12,15-16H2,1-2H3,(H,26,33)(H,29,34)/t17-,20+,21+/m1/s1. The van der Waals surface area contributed by atoms with Crippen LogP contribution < -0.4 is 10.7 Å². The lowest BCUT2D eigenvalue weighted by Crippen LogP contribution is -2.56. The molecule has 1 saturated heterocycles. The first-order valence-corrected chi connectivity index (χ1v) is 12.7. The number of tetrazole rings is 1. The smallest absolute Gasteiger partial charge is 0.264 e. The van der Waals surface area contributed by atoms with Crippen LogP contribution >= 0.6 is 0 Å². The highest BCUT2D eigenvalue weighted by molar-refractivity contribution is 5.95. The van der Waals surface area contributed by atoms with Gasteiger partial charge in [0.2, 0.25) is 17.6 Å². The Bertz CT molecular complexity index is 1020. The molecule has 2 aromatic rings. The Morgan fingerprint density at radius 1 is 1.06 bits per heavy atom. The molecule has 10 heteroatoms. The van der Waals surface area contributed by atoms with Gasteiger partial charge in [-0.2, -0.15) is 0 Å². The number of hydrogen-bond donors (Lipinski definition) is 2. The average Bonchev–Trinajstić information content (AvgIpc) is 3.57. The molecule has 1 aromatic heterocycles. The van der Waals surface area contributed by atoms with Crippen LogP contribution in [0.1, 0.15) is 65.2 Å². The molecule has 3 atom stereocenters. The normalized spacial score (nSPS) is 20.3. The first-order chi connectivity index (χ1) is 17.0. The number of likely N-dealkylation sites (tertiary alicyclic amines) is 1. The lowest BCUT2D eigenvalue weighted by atomic mass is 9.83.